The third kappa shape index (κ3) is 6.42. The molecule has 0 fully saturated rings. The quantitative estimate of drug-likeness (QED) is 0.405. The second kappa shape index (κ2) is 11.4. The zero-order valence-corrected chi connectivity index (χ0v) is 21.9. The van der Waals surface area contributed by atoms with Crippen LogP contribution in [0.3, 0.4) is 0 Å². The van der Waals surface area contributed by atoms with Crippen LogP contribution < -0.4 is 14.4 Å². The number of amides is 1. The van der Waals surface area contributed by atoms with E-state index < -0.39 is 10.0 Å². The highest BCUT2D eigenvalue weighted by molar-refractivity contribution is 7.92. The topological polar surface area (TPSA) is 75.7 Å². The first-order chi connectivity index (χ1) is 16.6. The van der Waals surface area contributed by atoms with Crippen LogP contribution in [0.5, 0.6) is 5.75 Å². The van der Waals surface area contributed by atoms with E-state index in [4.69, 9.17) is 4.74 Å². The fourth-order valence-electron chi connectivity index (χ4n) is 4.01. The fraction of sp³-hybridized carbons (Fsp3) is 0.321. The van der Waals surface area contributed by atoms with Gasteiger partial charge in [0.2, 0.25) is 5.91 Å². The largest absolute Gasteiger partial charge is 0.494 e. The summed E-state index contributed by atoms with van der Waals surface area (Å²) in [4.78, 5) is 13.3. The first kappa shape index (κ1) is 26.3. The van der Waals surface area contributed by atoms with E-state index in [-0.39, 0.29) is 23.4 Å². The number of benzene rings is 3. The van der Waals surface area contributed by atoms with E-state index in [1.165, 1.54) is 12.1 Å². The Hall–Kier alpha value is -3.32. The Bertz CT molecular complexity index is 1250. The Morgan fingerprint density at radius 2 is 1.54 bits per heavy atom. The minimum absolute atomic E-state index is 0.0933. The Kier molecular flexibility index (Phi) is 8.57. The summed E-state index contributed by atoms with van der Waals surface area (Å²) in [5, 5.41) is 3.04. The molecule has 7 heteroatoms. The van der Waals surface area contributed by atoms with Gasteiger partial charge in [-0.15, -0.1) is 0 Å². The molecule has 0 heterocycles. The smallest absolute Gasteiger partial charge is 0.264 e. The van der Waals surface area contributed by atoms with Crippen molar-refractivity contribution in [1.29, 1.82) is 0 Å². The molecule has 3 aromatic rings. The number of hydrogen-bond donors (Lipinski definition) is 1. The number of hydrogen-bond acceptors (Lipinski definition) is 4. The SMILES string of the molecule is CCOc1ccc(S(=O)(=O)N(CC(=O)NC(CC)c2ccc(C)cc2C)c2ccc(C)cc2)cc1. The monoisotopic (exact) mass is 494 g/mol. The van der Waals surface area contributed by atoms with Crippen molar-refractivity contribution in [3.8, 4) is 5.75 Å². The fourth-order valence-corrected chi connectivity index (χ4v) is 5.44. The molecule has 0 radical (unpaired) electrons. The Morgan fingerprint density at radius 3 is 2.11 bits per heavy atom. The summed E-state index contributed by atoms with van der Waals surface area (Å²) in [6.45, 7) is 9.99. The highest BCUT2D eigenvalue weighted by Crippen LogP contribution is 2.26. The van der Waals surface area contributed by atoms with Crippen LogP contribution in [-0.2, 0) is 14.8 Å². The average Bonchev–Trinajstić information content (AvgIpc) is 2.82. The zero-order chi connectivity index (χ0) is 25.6. The van der Waals surface area contributed by atoms with Crippen molar-refractivity contribution in [3.05, 3.63) is 89.0 Å². The first-order valence-corrected chi connectivity index (χ1v) is 13.3. The van der Waals surface area contributed by atoms with Gasteiger partial charge in [0.15, 0.2) is 0 Å². The van der Waals surface area contributed by atoms with Crippen LogP contribution in [0.15, 0.2) is 71.6 Å². The summed E-state index contributed by atoms with van der Waals surface area (Å²) < 4.78 is 33.9. The van der Waals surface area contributed by atoms with E-state index in [2.05, 4.69) is 11.4 Å². The van der Waals surface area contributed by atoms with Crippen molar-refractivity contribution in [2.45, 2.75) is 52.0 Å². The third-order valence-corrected chi connectivity index (χ3v) is 7.66. The van der Waals surface area contributed by atoms with E-state index in [1.54, 1.807) is 24.3 Å². The van der Waals surface area contributed by atoms with Gasteiger partial charge in [0.25, 0.3) is 10.0 Å². The predicted octanol–water partition coefficient (Wildman–Crippen LogP) is 5.47. The van der Waals surface area contributed by atoms with Gasteiger partial charge in [-0.25, -0.2) is 8.42 Å². The number of ether oxygens (including phenoxy) is 1. The van der Waals surface area contributed by atoms with Crippen LogP contribution in [0.2, 0.25) is 0 Å². The lowest BCUT2D eigenvalue weighted by atomic mass is 9.97. The van der Waals surface area contributed by atoms with Crippen molar-refractivity contribution >= 4 is 21.6 Å². The molecular weight excluding hydrogens is 460 g/mol. The number of carbonyl (C=O) groups is 1. The molecule has 0 spiro atoms. The second-order valence-electron chi connectivity index (χ2n) is 8.64. The molecule has 0 saturated carbocycles. The summed E-state index contributed by atoms with van der Waals surface area (Å²) in [5.74, 6) is 0.220. The maximum absolute atomic E-state index is 13.6. The van der Waals surface area contributed by atoms with Crippen molar-refractivity contribution in [2.75, 3.05) is 17.5 Å². The highest BCUT2D eigenvalue weighted by atomic mass is 32.2. The van der Waals surface area contributed by atoms with Crippen LogP contribution in [0, 0.1) is 20.8 Å². The number of sulfonamides is 1. The lowest BCUT2D eigenvalue weighted by Gasteiger charge is -2.26. The summed E-state index contributed by atoms with van der Waals surface area (Å²) >= 11 is 0. The molecule has 0 aliphatic heterocycles. The van der Waals surface area contributed by atoms with Gasteiger partial charge in [0.1, 0.15) is 12.3 Å². The molecule has 0 saturated heterocycles. The lowest BCUT2D eigenvalue weighted by Crippen LogP contribution is -2.42. The Labute approximate surface area is 209 Å². The van der Waals surface area contributed by atoms with Crippen LogP contribution in [0.4, 0.5) is 5.69 Å². The number of rotatable bonds is 10. The number of nitrogens with one attached hydrogen (secondary N) is 1. The average molecular weight is 495 g/mol. The van der Waals surface area contributed by atoms with Gasteiger partial charge in [0, 0.05) is 0 Å². The number of carbonyl (C=O) groups excluding carboxylic acids is 1. The number of anilines is 1. The molecule has 0 bridgehead atoms. The zero-order valence-electron chi connectivity index (χ0n) is 21.0. The minimum Gasteiger partial charge on any atom is -0.494 e. The molecule has 1 atom stereocenters. The van der Waals surface area contributed by atoms with Gasteiger partial charge in [-0.2, -0.15) is 0 Å². The van der Waals surface area contributed by atoms with Crippen molar-refractivity contribution in [2.24, 2.45) is 0 Å². The summed E-state index contributed by atoms with van der Waals surface area (Å²) in [6, 6.07) is 19.3. The Morgan fingerprint density at radius 1 is 0.914 bits per heavy atom. The standard InChI is InChI=1S/C28H34N2O4S/c1-6-27(26-17-10-21(4)18-22(26)5)29-28(31)19-30(23-11-8-20(3)9-12-23)35(32,33)25-15-13-24(14-16-25)34-7-2/h8-18,27H,6-7,19H2,1-5H3,(H,29,31). The van der Waals surface area contributed by atoms with E-state index in [9.17, 15) is 13.2 Å². The van der Waals surface area contributed by atoms with Crippen molar-refractivity contribution < 1.29 is 17.9 Å². The van der Waals surface area contributed by atoms with Crippen LogP contribution in [-0.4, -0.2) is 27.5 Å². The highest BCUT2D eigenvalue weighted by Gasteiger charge is 2.28. The van der Waals surface area contributed by atoms with Crippen LogP contribution in [0.25, 0.3) is 0 Å². The minimum atomic E-state index is -4.00. The van der Waals surface area contributed by atoms with E-state index in [0.29, 0.717) is 24.5 Å². The molecule has 0 aliphatic carbocycles. The second-order valence-corrected chi connectivity index (χ2v) is 10.5. The predicted molar refractivity (Wildman–Crippen MR) is 140 cm³/mol. The number of nitrogens with zero attached hydrogens (tertiary/aromatic N) is 1. The number of aryl methyl sites for hydroxylation is 3. The van der Waals surface area contributed by atoms with Gasteiger partial charge in [0.05, 0.1) is 23.2 Å². The molecule has 1 unspecified atom stereocenters. The molecule has 3 rings (SSSR count). The molecule has 1 amide bonds. The normalized spacial score (nSPS) is 12.1. The maximum Gasteiger partial charge on any atom is 0.264 e. The lowest BCUT2D eigenvalue weighted by molar-refractivity contribution is -0.120. The van der Waals surface area contributed by atoms with Crippen LogP contribution >= 0.6 is 0 Å². The maximum atomic E-state index is 13.6. The van der Waals surface area contributed by atoms with Crippen molar-refractivity contribution in [3.63, 3.8) is 0 Å². The van der Waals surface area contributed by atoms with Crippen LogP contribution in [0.1, 0.15) is 48.6 Å². The molecule has 186 valence electrons. The van der Waals surface area contributed by atoms with Gasteiger partial charge in [-0.1, -0.05) is 48.4 Å². The molecule has 3 aromatic carbocycles. The molecule has 0 aromatic heterocycles. The van der Waals surface area contributed by atoms with Gasteiger partial charge >= 0.3 is 0 Å². The summed E-state index contributed by atoms with van der Waals surface area (Å²) in [5.41, 5.74) is 4.70. The third-order valence-electron chi connectivity index (χ3n) is 5.88. The molecule has 35 heavy (non-hydrogen) atoms. The Balaban J connectivity index is 1.91. The van der Waals surface area contributed by atoms with E-state index in [1.807, 2.05) is 58.9 Å². The van der Waals surface area contributed by atoms with Gasteiger partial charge in [-0.3, -0.25) is 9.10 Å². The van der Waals surface area contributed by atoms with Crippen molar-refractivity contribution in [1.82, 2.24) is 5.32 Å². The van der Waals surface area contributed by atoms with Gasteiger partial charge < -0.3 is 10.1 Å². The summed E-state index contributed by atoms with van der Waals surface area (Å²) in [7, 11) is -4.00. The summed E-state index contributed by atoms with van der Waals surface area (Å²) in [6.07, 6.45) is 0.686. The molecule has 6 nitrogen and oxygen atoms in total. The van der Waals surface area contributed by atoms with E-state index >= 15 is 0 Å². The van der Waals surface area contributed by atoms with Gasteiger partial charge in [-0.05, 0) is 81.6 Å². The van der Waals surface area contributed by atoms with E-state index in [0.717, 1.165) is 26.6 Å². The molecule has 1 N–H and O–H groups in total. The first-order valence-electron chi connectivity index (χ1n) is 11.8. The molecule has 0 aliphatic rings. The molecular formula is C28H34N2O4S.